The van der Waals surface area contributed by atoms with Gasteiger partial charge in [-0.3, -0.25) is 0 Å². The van der Waals surface area contributed by atoms with Crippen molar-refractivity contribution in [1.82, 2.24) is 15.2 Å². The molecule has 2 amide bonds. The molecular weight excluding hydrogens is 336 g/mol. The predicted molar refractivity (Wildman–Crippen MR) is 103 cm³/mol. The number of nitrogens with zero attached hydrogens (tertiary/aromatic N) is 3. The summed E-state index contributed by atoms with van der Waals surface area (Å²) in [7, 11) is 1.68. The molecule has 7 heteroatoms. The maximum Gasteiger partial charge on any atom is 0.317 e. The van der Waals surface area contributed by atoms with Gasteiger partial charge in [0.1, 0.15) is 5.75 Å². The standard InChI is InChI=1S/C18H26N4O2S/c1-4-13(5-2)19-17(23)21-8-10-22(11-9-21)18-20-15-7-6-14(24-3)12-16(15)25-18/h6-7,12-13H,4-5,8-11H2,1-3H3,(H,19,23). The zero-order valence-electron chi connectivity index (χ0n) is 15.1. The lowest BCUT2D eigenvalue weighted by Crippen LogP contribution is -2.53. The molecular formula is C18H26N4O2S. The van der Waals surface area contributed by atoms with Crippen LogP contribution in [-0.4, -0.2) is 55.2 Å². The quantitative estimate of drug-likeness (QED) is 0.886. The van der Waals surface area contributed by atoms with Crippen LogP contribution in [0.2, 0.25) is 0 Å². The van der Waals surface area contributed by atoms with E-state index in [1.165, 1.54) is 0 Å². The number of anilines is 1. The molecule has 2 heterocycles. The summed E-state index contributed by atoms with van der Waals surface area (Å²) in [4.78, 5) is 21.2. The van der Waals surface area contributed by atoms with E-state index in [1.807, 2.05) is 23.1 Å². The zero-order chi connectivity index (χ0) is 17.8. The zero-order valence-corrected chi connectivity index (χ0v) is 15.9. The molecule has 25 heavy (non-hydrogen) atoms. The first-order valence-electron chi connectivity index (χ1n) is 8.89. The number of nitrogens with one attached hydrogen (secondary N) is 1. The first-order chi connectivity index (χ1) is 12.1. The number of rotatable bonds is 5. The second kappa shape index (κ2) is 7.91. The Morgan fingerprint density at radius 3 is 2.64 bits per heavy atom. The average Bonchev–Trinajstić information content (AvgIpc) is 3.09. The van der Waals surface area contributed by atoms with Crippen molar-refractivity contribution in [2.45, 2.75) is 32.7 Å². The normalized spacial score (nSPS) is 15.0. The summed E-state index contributed by atoms with van der Waals surface area (Å²) < 4.78 is 6.41. The Morgan fingerprint density at radius 1 is 1.28 bits per heavy atom. The lowest BCUT2D eigenvalue weighted by atomic mass is 10.2. The fraction of sp³-hybridized carbons (Fsp3) is 0.556. The Labute approximate surface area is 152 Å². The number of hydrogen-bond donors (Lipinski definition) is 1. The highest BCUT2D eigenvalue weighted by Gasteiger charge is 2.24. The molecule has 1 aromatic carbocycles. The number of ether oxygens (including phenoxy) is 1. The fourth-order valence-corrected chi connectivity index (χ4v) is 4.06. The summed E-state index contributed by atoms with van der Waals surface area (Å²) in [5.41, 5.74) is 0.995. The van der Waals surface area contributed by atoms with Crippen LogP contribution in [0.3, 0.4) is 0 Å². The molecule has 0 bridgehead atoms. The van der Waals surface area contributed by atoms with E-state index in [0.29, 0.717) is 0 Å². The third-order valence-corrected chi connectivity index (χ3v) is 5.81. The third-order valence-electron chi connectivity index (χ3n) is 4.73. The molecule has 1 saturated heterocycles. The minimum atomic E-state index is 0.0578. The van der Waals surface area contributed by atoms with Gasteiger partial charge in [0.2, 0.25) is 0 Å². The summed E-state index contributed by atoms with van der Waals surface area (Å²) in [5.74, 6) is 0.852. The minimum Gasteiger partial charge on any atom is -0.497 e. The molecule has 0 atom stereocenters. The van der Waals surface area contributed by atoms with Crippen LogP contribution >= 0.6 is 11.3 Å². The van der Waals surface area contributed by atoms with Gasteiger partial charge in [-0.2, -0.15) is 0 Å². The van der Waals surface area contributed by atoms with Crippen LogP contribution in [0.25, 0.3) is 10.2 Å². The highest BCUT2D eigenvalue weighted by Crippen LogP contribution is 2.31. The summed E-state index contributed by atoms with van der Waals surface area (Å²) in [6, 6.07) is 6.28. The van der Waals surface area contributed by atoms with Gasteiger partial charge in [0.25, 0.3) is 0 Å². The molecule has 6 nitrogen and oxygen atoms in total. The van der Waals surface area contributed by atoms with Gasteiger partial charge >= 0.3 is 6.03 Å². The van der Waals surface area contributed by atoms with Gasteiger partial charge in [0.05, 0.1) is 17.3 Å². The van der Waals surface area contributed by atoms with Crippen LogP contribution in [0.5, 0.6) is 5.75 Å². The smallest absolute Gasteiger partial charge is 0.317 e. The molecule has 1 aliphatic rings. The number of carbonyl (C=O) groups excluding carboxylic acids is 1. The molecule has 1 N–H and O–H groups in total. The molecule has 0 aliphatic carbocycles. The fourth-order valence-electron chi connectivity index (χ4n) is 3.01. The average molecular weight is 362 g/mol. The van der Waals surface area contributed by atoms with Gasteiger partial charge in [0, 0.05) is 32.2 Å². The monoisotopic (exact) mass is 362 g/mol. The second-order valence-corrected chi connectivity index (χ2v) is 7.28. The highest BCUT2D eigenvalue weighted by atomic mass is 32.1. The van der Waals surface area contributed by atoms with Gasteiger partial charge in [-0.25, -0.2) is 9.78 Å². The molecule has 0 spiro atoms. The summed E-state index contributed by atoms with van der Waals surface area (Å²) >= 11 is 1.68. The summed E-state index contributed by atoms with van der Waals surface area (Å²) in [6.45, 7) is 7.29. The Hall–Kier alpha value is -2.02. The van der Waals surface area contributed by atoms with Crippen molar-refractivity contribution in [3.63, 3.8) is 0 Å². The lowest BCUT2D eigenvalue weighted by Gasteiger charge is -2.35. The van der Waals surface area contributed by atoms with Gasteiger partial charge in [0.15, 0.2) is 5.13 Å². The maximum absolute atomic E-state index is 12.4. The van der Waals surface area contributed by atoms with Crippen molar-refractivity contribution in [3.05, 3.63) is 18.2 Å². The number of benzene rings is 1. The number of amides is 2. The van der Waals surface area contributed by atoms with Crippen molar-refractivity contribution in [1.29, 1.82) is 0 Å². The van der Waals surface area contributed by atoms with Crippen molar-refractivity contribution in [2.24, 2.45) is 0 Å². The van der Waals surface area contributed by atoms with Crippen molar-refractivity contribution >= 4 is 32.7 Å². The Kier molecular flexibility index (Phi) is 5.63. The molecule has 0 saturated carbocycles. The number of fused-ring (bicyclic) bond motifs is 1. The molecule has 0 radical (unpaired) electrons. The van der Waals surface area contributed by atoms with Crippen molar-refractivity contribution in [3.8, 4) is 5.75 Å². The number of carbonyl (C=O) groups is 1. The van der Waals surface area contributed by atoms with E-state index >= 15 is 0 Å². The van der Waals surface area contributed by atoms with E-state index < -0.39 is 0 Å². The van der Waals surface area contributed by atoms with Gasteiger partial charge in [-0.05, 0) is 31.0 Å². The van der Waals surface area contributed by atoms with Crippen LogP contribution in [0.15, 0.2) is 18.2 Å². The topological polar surface area (TPSA) is 57.7 Å². The number of aromatic nitrogens is 1. The van der Waals surface area contributed by atoms with E-state index in [1.54, 1.807) is 18.4 Å². The van der Waals surface area contributed by atoms with Crippen LogP contribution in [0.1, 0.15) is 26.7 Å². The lowest BCUT2D eigenvalue weighted by molar-refractivity contribution is 0.189. The Balaban J connectivity index is 1.61. The van der Waals surface area contributed by atoms with Crippen LogP contribution in [-0.2, 0) is 0 Å². The number of urea groups is 1. The molecule has 1 aliphatic heterocycles. The third kappa shape index (κ3) is 3.98. The molecule has 2 aromatic rings. The van der Waals surface area contributed by atoms with Crippen molar-refractivity contribution in [2.75, 3.05) is 38.2 Å². The molecule has 3 rings (SSSR count). The predicted octanol–water partition coefficient (Wildman–Crippen LogP) is 3.33. The first-order valence-corrected chi connectivity index (χ1v) is 9.71. The Bertz CT molecular complexity index is 721. The number of piperazine rings is 1. The number of methoxy groups -OCH3 is 1. The van der Waals surface area contributed by atoms with E-state index in [-0.39, 0.29) is 12.1 Å². The second-order valence-electron chi connectivity index (χ2n) is 6.27. The SMILES string of the molecule is CCC(CC)NC(=O)N1CCN(c2nc3ccc(OC)cc3s2)CC1. The summed E-state index contributed by atoms with van der Waals surface area (Å²) in [6.07, 6.45) is 1.94. The molecule has 0 unspecified atom stereocenters. The number of thiazole rings is 1. The Morgan fingerprint density at radius 2 is 2.00 bits per heavy atom. The van der Waals surface area contributed by atoms with Crippen LogP contribution in [0, 0.1) is 0 Å². The largest absolute Gasteiger partial charge is 0.497 e. The molecule has 1 fully saturated rings. The molecule has 1 aromatic heterocycles. The first kappa shape index (κ1) is 17.8. The van der Waals surface area contributed by atoms with Crippen LogP contribution < -0.4 is 15.0 Å². The molecule has 136 valence electrons. The minimum absolute atomic E-state index is 0.0578. The van der Waals surface area contributed by atoms with Crippen molar-refractivity contribution < 1.29 is 9.53 Å². The van der Waals surface area contributed by atoms with Gasteiger partial charge in [-0.15, -0.1) is 0 Å². The van der Waals surface area contributed by atoms with E-state index in [2.05, 4.69) is 24.1 Å². The van der Waals surface area contributed by atoms with Gasteiger partial charge in [-0.1, -0.05) is 25.2 Å². The summed E-state index contributed by atoms with van der Waals surface area (Å²) in [5, 5.41) is 4.13. The number of hydrogen-bond acceptors (Lipinski definition) is 5. The van der Waals surface area contributed by atoms with E-state index in [4.69, 9.17) is 9.72 Å². The maximum atomic E-state index is 12.4. The van der Waals surface area contributed by atoms with E-state index in [9.17, 15) is 4.79 Å². The van der Waals surface area contributed by atoms with Gasteiger partial charge < -0.3 is 19.9 Å². The van der Waals surface area contributed by atoms with E-state index in [0.717, 1.165) is 60.1 Å². The van der Waals surface area contributed by atoms with Crippen LogP contribution in [0.4, 0.5) is 9.93 Å². The highest BCUT2D eigenvalue weighted by molar-refractivity contribution is 7.22.